The van der Waals surface area contributed by atoms with E-state index in [-0.39, 0.29) is 0 Å². The fourth-order valence-electron chi connectivity index (χ4n) is 1.86. The second kappa shape index (κ2) is 5.40. The summed E-state index contributed by atoms with van der Waals surface area (Å²) < 4.78 is 1.97. The second-order valence-corrected chi connectivity index (χ2v) is 5.42. The largest absolute Gasteiger partial charge is 0.478 e. The van der Waals surface area contributed by atoms with Gasteiger partial charge in [-0.05, 0) is 49.4 Å². The Morgan fingerprint density at radius 2 is 2.21 bits per heavy atom. The molecule has 2 aromatic rings. The normalized spacial score (nSPS) is 11.3. The first-order valence-corrected chi connectivity index (χ1v) is 6.85. The summed E-state index contributed by atoms with van der Waals surface area (Å²) in [7, 11) is 0. The third kappa shape index (κ3) is 2.93. The summed E-state index contributed by atoms with van der Waals surface area (Å²) in [4.78, 5) is 11.7. The van der Waals surface area contributed by atoms with Crippen molar-refractivity contribution in [1.29, 1.82) is 0 Å². The lowest BCUT2D eigenvalue weighted by Crippen LogP contribution is -2.03. The molecule has 0 atom stereocenters. The Morgan fingerprint density at radius 3 is 2.79 bits per heavy atom. The van der Waals surface area contributed by atoms with E-state index in [9.17, 15) is 4.79 Å². The van der Waals surface area contributed by atoms with Gasteiger partial charge in [-0.3, -0.25) is 4.68 Å². The minimum atomic E-state index is -0.931. The van der Waals surface area contributed by atoms with Gasteiger partial charge in [-0.25, -0.2) is 4.79 Å². The topological polar surface area (TPSA) is 55.1 Å². The van der Waals surface area contributed by atoms with Crippen molar-refractivity contribution in [2.75, 3.05) is 0 Å². The van der Waals surface area contributed by atoms with Crippen molar-refractivity contribution in [2.45, 2.75) is 27.3 Å². The van der Waals surface area contributed by atoms with Gasteiger partial charge in [0.1, 0.15) is 0 Å². The van der Waals surface area contributed by atoms with Gasteiger partial charge < -0.3 is 5.11 Å². The average Bonchev–Trinajstić information content (AvgIpc) is 2.89. The molecule has 0 radical (unpaired) electrons. The fourth-order valence-corrected chi connectivity index (χ4v) is 2.71. The molecule has 1 N–H and O–H groups in total. The van der Waals surface area contributed by atoms with Gasteiger partial charge >= 0.3 is 5.97 Å². The lowest BCUT2D eigenvalue weighted by atomic mass is 10.2. The molecule has 0 saturated heterocycles. The first-order chi connectivity index (χ1) is 8.99. The molecule has 0 fully saturated rings. The first kappa shape index (κ1) is 13.5. The molecule has 2 heterocycles. The minimum Gasteiger partial charge on any atom is -0.478 e. The molecule has 0 aliphatic carbocycles. The van der Waals surface area contributed by atoms with E-state index in [2.05, 4.69) is 18.9 Å². The van der Waals surface area contributed by atoms with Crippen molar-refractivity contribution in [1.82, 2.24) is 9.78 Å². The number of carbonyl (C=O) groups is 1. The molecule has 2 aromatic heterocycles. The quantitative estimate of drug-likeness (QED) is 0.873. The van der Waals surface area contributed by atoms with Gasteiger partial charge in [-0.15, -0.1) is 11.3 Å². The number of thiophene rings is 1. The van der Waals surface area contributed by atoms with Crippen LogP contribution in [-0.2, 0) is 11.3 Å². The molecule has 100 valence electrons. The van der Waals surface area contributed by atoms with Gasteiger partial charge in [0.05, 0.1) is 12.2 Å². The van der Waals surface area contributed by atoms with Crippen LogP contribution in [0.15, 0.2) is 17.5 Å². The van der Waals surface area contributed by atoms with E-state index >= 15 is 0 Å². The molecule has 0 unspecified atom stereocenters. The van der Waals surface area contributed by atoms with Crippen molar-refractivity contribution >= 4 is 23.4 Å². The highest BCUT2D eigenvalue weighted by atomic mass is 32.1. The molecular weight excluding hydrogens is 260 g/mol. The van der Waals surface area contributed by atoms with Crippen LogP contribution in [0.4, 0.5) is 0 Å². The first-order valence-electron chi connectivity index (χ1n) is 5.97. The maximum atomic E-state index is 10.6. The summed E-state index contributed by atoms with van der Waals surface area (Å²) >= 11 is 1.61. The van der Waals surface area contributed by atoms with Crippen LogP contribution < -0.4 is 0 Å². The van der Waals surface area contributed by atoms with Crippen molar-refractivity contribution in [3.05, 3.63) is 44.9 Å². The molecule has 2 rings (SSSR count). The van der Waals surface area contributed by atoms with Gasteiger partial charge in [-0.1, -0.05) is 0 Å². The third-order valence-electron chi connectivity index (χ3n) is 3.22. The molecule has 4 nitrogen and oxygen atoms in total. The van der Waals surface area contributed by atoms with Crippen LogP contribution in [0, 0.1) is 20.8 Å². The number of hydrogen-bond donors (Lipinski definition) is 1. The number of hydrogen-bond acceptors (Lipinski definition) is 3. The third-order valence-corrected chi connectivity index (χ3v) is 4.14. The van der Waals surface area contributed by atoms with Crippen LogP contribution in [0.25, 0.3) is 6.08 Å². The van der Waals surface area contributed by atoms with Crippen LogP contribution >= 0.6 is 11.3 Å². The molecule has 0 aliphatic heterocycles. The maximum absolute atomic E-state index is 10.6. The standard InChI is InChI=1S/C14H16N2O2S/c1-9-10(2)15-16(11(9)3)8-13-12(6-7-19-13)4-5-14(17)18/h4-7H,8H2,1-3H3,(H,17,18). The Hall–Kier alpha value is -1.88. The Labute approximate surface area is 116 Å². The fraction of sp³-hybridized carbons (Fsp3) is 0.286. The van der Waals surface area contributed by atoms with Crippen molar-refractivity contribution < 1.29 is 9.90 Å². The van der Waals surface area contributed by atoms with Gasteiger partial charge in [0.25, 0.3) is 0 Å². The monoisotopic (exact) mass is 276 g/mol. The molecule has 0 bridgehead atoms. The van der Waals surface area contributed by atoms with E-state index in [1.807, 2.05) is 23.1 Å². The van der Waals surface area contributed by atoms with Crippen LogP contribution in [0.3, 0.4) is 0 Å². The van der Waals surface area contributed by atoms with Gasteiger partial charge in [0.2, 0.25) is 0 Å². The molecule has 0 saturated carbocycles. The number of rotatable bonds is 4. The van der Waals surface area contributed by atoms with E-state index < -0.39 is 5.97 Å². The number of aromatic nitrogens is 2. The lowest BCUT2D eigenvalue weighted by molar-refractivity contribution is -0.131. The van der Waals surface area contributed by atoms with E-state index in [4.69, 9.17) is 5.11 Å². The highest BCUT2D eigenvalue weighted by Gasteiger charge is 2.10. The van der Waals surface area contributed by atoms with Crippen LogP contribution in [0.2, 0.25) is 0 Å². The summed E-state index contributed by atoms with van der Waals surface area (Å²) in [6, 6.07) is 1.93. The highest BCUT2D eigenvalue weighted by Crippen LogP contribution is 2.21. The molecule has 19 heavy (non-hydrogen) atoms. The van der Waals surface area contributed by atoms with Gasteiger partial charge in [0.15, 0.2) is 0 Å². The number of aliphatic carboxylic acids is 1. The number of nitrogens with zero attached hydrogens (tertiary/aromatic N) is 2. The number of carboxylic acid groups (broad SMARTS) is 1. The summed E-state index contributed by atoms with van der Waals surface area (Å²) in [5.41, 5.74) is 4.34. The van der Waals surface area contributed by atoms with Crippen molar-refractivity contribution in [3.63, 3.8) is 0 Å². The number of carboxylic acids is 1. The highest BCUT2D eigenvalue weighted by molar-refractivity contribution is 7.10. The summed E-state index contributed by atoms with van der Waals surface area (Å²) in [5.74, 6) is -0.931. The predicted octanol–water partition coefficient (Wildman–Crippen LogP) is 3.02. The van der Waals surface area contributed by atoms with Crippen LogP contribution in [-0.4, -0.2) is 20.9 Å². The zero-order valence-electron chi connectivity index (χ0n) is 11.2. The van der Waals surface area contributed by atoms with Crippen LogP contribution in [0.5, 0.6) is 0 Å². The average molecular weight is 276 g/mol. The molecule has 5 heteroatoms. The Balaban J connectivity index is 2.27. The van der Waals surface area contributed by atoms with Crippen molar-refractivity contribution in [3.8, 4) is 0 Å². The Bertz CT molecular complexity index is 638. The maximum Gasteiger partial charge on any atom is 0.328 e. The molecule has 0 spiro atoms. The van der Waals surface area contributed by atoms with E-state index in [0.717, 1.165) is 27.9 Å². The zero-order chi connectivity index (χ0) is 14.0. The Kier molecular flexibility index (Phi) is 3.85. The number of aryl methyl sites for hydroxylation is 1. The van der Waals surface area contributed by atoms with Crippen molar-refractivity contribution in [2.24, 2.45) is 0 Å². The molecule has 0 amide bonds. The van der Waals surface area contributed by atoms with Gasteiger partial charge in [-0.2, -0.15) is 5.10 Å². The smallest absolute Gasteiger partial charge is 0.328 e. The molecule has 0 aromatic carbocycles. The second-order valence-electron chi connectivity index (χ2n) is 4.42. The molecular formula is C14H16N2O2S. The Morgan fingerprint density at radius 1 is 1.47 bits per heavy atom. The van der Waals surface area contributed by atoms with Gasteiger partial charge in [0, 0.05) is 16.6 Å². The van der Waals surface area contributed by atoms with Crippen LogP contribution in [0.1, 0.15) is 27.4 Å². The lowest BCUT2D eigenvalue weighted by Gasteiger charge is -2.04. The SMILES string of the molecule is Cc1nn(Cc2sccc2C=CC(=O)O)c(C)c1C. The van der Waals surface area contributed by atoms with E-state index in [1.165, 1.54) is 5.56 Å². The zero-order valence-corrected chi connectivity index (χ0v) is 12.0. The summed E-state index contributed by atoms with van der Waals surface area (Å²) in [6.07, 6.45) is 2.80. The van der Waals surface area contributed by atoms with E-state index in [1.54, 1.807) is 17.4 Å². The summed E-state index contributed by atoms with van der Waals surface area (Å²) in [5, 5.41) is 15.1. The van der Waals surface area contributed by atoms with E-state index in [0.29, 0.717) is 6.54 Å². The predicted molar refractivity (Wildman–Crippen MR) is 76.5 cm³/mol. The minimum absolute atomic E-state index is 0.678. The molecule has 0 aliphatic rings. The summed E-state index contributed by atoms with van der Waals surface area (Å²) in [6.45, 7) is 6.79.